The van der Waals surface area contributed by atoms with E-state index in [-0.39, 0.29) is 11.9 Å². The summed E-state index contributed by atoms with van der Waals surface area (Å²) in [7, 11) is 0. The smallest absolute Gasteiger partial charge is 0.218 e. The minimum atomic E-state index is 0.0957. The van der Waals surface area contributed by atoms with Crippen LogP contribution in [0.25, 0.3) is 22.4 Å². The van der Waals surface area contributed by atoms with E-state index in [1.54, 1.807) is 4.68 Å². The molecule has 1 heterocycles. The van der Waals surface area contributed by atoms with Crippen molar-refractivity contribution in [3.05, 3.63) is 59.7 Å². The topological polar surface area (TPSA) is 38.0 Å². The lowest BCUT2D eigenvalue weighted by Gasteiger charge is -2.07. The molecule has 3 rings (SSSR count). The second-order valence-electron chi connectivity index (χ2n) is 6.32. The number of benzene rings is 2. The van der Waals surface area contributed by atoms with Gasteiger partial charge in [-0.3, -0.25) is 0 Å². The van der Waals surface area contributed by atoms with Gasteiger partial charge in [0.2, 0.25) is 5.88 Å². The highest BCUT2D eigenvalue weighted by molar-refractivity contribution is 5.84. The van der Waals surface area contributed by atoms with Crippen LogP contribution in [0.1, 0.15) is 31.0 Å². The molecule has 0 aliphatic heterocycles. The van der Waals surface area contributed by atoms with Crippen molar-refractivity contribution in [3.8, 4) is 28.3 Å². The summed E-state index contributed by atoms with van der Waals surface area (Å²) in [4.78, 5) is 0. The monoisotopic (exact) mass is 306 g/mol. The van der Waals surface area contributed by atoms with Crippen LogP contribution in [0.15, 0.2) is 48.5 Å². The summed E-state index contributed by atoms with van der Waals surface area (Å²) < 4.78 is 1.68. The highest BCUT2D eigenvalue weighted by Gasteiger charge is 2.21. The van der Waals surface area contributed by atoms with E-state index in [4.69, 9.17) is 0 Å². The average Bonchev–Trinajstić information content (AvgIpc) is 2.87. The molecule has 3 aromatic rings. The first-order valence-corrected chi connectivity index (χ1v) is 7.93. The number of hydrogen-bond donors (Lipinski definition) is 1. The van der Waals surface area contributed by atoms with Crippen LogP contribution < -0.4 is 0 Å². The highest BCUT2D eigenvalue weighted by Crippen LogP contribution is 2.39. The molecule has 0 radical (unpaired) electrons. The van der Waals surface area contributed by atoms with Gasteiger partial charge in [0.05, 0.1) is 11.6 Å². The van der Waals surface area contributed by atoms with Crippen LogP contribution in [0.5, 0.6) is 5.88 Å². The van der Waals surface area contributed by atoms with Gasteiger partial charge >= 0.3 is 0 Å². The number of aromatic hydroxyl groups is 1. The molecule has 118 valence electrons. The largest absolute Gasteiger partial charge is 0.493 e. The molecule has 23 heavy (non-hydrogen) atoms. The lowest BCUT2D eigenvalue weighted by atomic mass is 10.00. The van der Waals surface area contributed by atoms with Crippen LogP contribution >= 0.6 is 0 Å². The molecule has 0 fully saturated rings. The minimum Gasteiger partial charge on any atom is -0.493 e. The zero-order valence-corrected chi connectivity index (χ0v) is 14.0. The van der Waals surface area contributed by atoms with E-state index >= 15 is 0 Å². The first-order chi connectivity index (χ1) is 11.0. The van der Waals surface area contributed by atoms with Crippen molar-refractivity contribution >= 4 is 0 Å². The first kappa shape index (κ1) is 15.3. The fourth-order valence-corrected chi connectivity index (χ4v) is 2.69. The van der Waals surface area contributed by atoms with Gasteiger partial charge in [0.25, 0.3) is 0 Å². The summed E-state index contributed by atoms with van der Waals surface area (Å²) in [6.45, 7) is 8.16. The lowest BCUT2D eigenvalue weighted by molar-refractivity contribution is 0.379. The van der Waals surface area contributed by atoms with Crippen LogP contribution in [0, 0.1) is 13.8 Å². The lowest BCUT2D eigenvalue weighted by Crippen LogP contribution is -2.01. The fourth-order valence-electron chi connectivity index (χ4n) is 2.69. The number of hydrogen-bond acceptors (Lipinski definition) is 2. The Kier molecular flexibility index (Phi) is 3.95. The summed E-state index contributed by atoms with van der Waals surface area (Å²) in [6, 6.07) is 16.5. The van der Waals surface area contributed by atoms with Gasteiger partial charge in [0, 0.05) is 5.56 Å². The Morgan fingerprint density at radius 1 is 0.826 bits per heavy atom. The normalized spacial score (nSPS) is 11.2. The Morgan fingerprint density at radius 2 is 1.30 bits per heavy atom. The standard InChI is InChI=1S/C20H22N2O/c1-13(2)22-20(23)18(16-9-5-14(3)6-10-16)19(21-22)17-11-7-15(4)8-12-17/h5-13,23H,1-4H3. The molecule has 0 saturated heterocycles. The molecule has 0 saturated carbocycles. The molecular weight excluding hydrogens is 284 g/mol. The van der Waals surface area contributed by atoms with Gasteiger partial charge in [0.15, 0.2) is 0 Å². The Labute approximate surface area is 137 Å². The first-order valence-electron chi connectivity index (χ1n) is 7.93. The van der Waals surface area contributed by atoms with Crippen LogP contribution in [0.4, 0.5) is 0 Å². The Hall–Kier alpha value is -2.55. The van der Waals surface area contributed by atoms with E-state index in [1.807, 2.05) is 26.0 Å². The van der Waals surface area contributed by atoms with Gasteiger partial charge in [-0.1, -0.05) is 59.7 Å². The Bertz CT molecular complexity index is 812. The maximum Gasteiger partial charge on any atom is 0.218 e. The van der Waals surface area contributed by atoms with Gasteiger partial charge in [-0.25, -0.2) is 4.68 Å². The second-order valence-corrected chi connectivity index (χ2v) is 6.32. The van der Waals surface area contributed by atoms with Gasteiger partial charge in [-0.15, -0.1) is 0 Å². The molecule has 3 heteroatoms. The quantitative estimate of drug-likeness (QED) is 0.729. The van der Waals surface area contributed by atoms with Crippen molar-refractivity contribution in [2.24, 2.45) is 0 Å². The van der Waals surface area contributed by atoms with E-state index < -0.39 is 0 Å². The molecule has 0 spiro atoms. The van der Waals surface area contributed by atoms with E-state index in [1.165, 1.54) is 11.1 Å². The zero-order chi connectivity index (χ0) is 16.6. The van der Waals surface area contributed by atoms with E-state index in [2.05, 4.69) is 55.3 Å². The maximum absolute atomic E-state index is 10.7. The fraction of sp³-hybridized carbons (Fsp3) is 0.250. The molecular formula is C20H22N2O. The second kappa shape index (κ2) is 5.92. The number of aromatic nitrogens is 2. The third-order valence-electron chi connectivity index (χ3n) is 4.04. The third kappa shape index (κ3) is 2.87. The van der Waals surface area contributed by atoms with Gasteiger partial charge in [0.1, 0.15) is 5.69 Å². The van der Waals surface area contributed by atoms with Crippen LogP contribution in [-0.2, 0) is 0 Å². The predicted molar refractivity (Wildman–Crippen MR) is 94.6 cm³/mol. The molecule has 0 atom stereocenters. The van der Waals surface area contributed by atoms with Crippen molar-refractivity contribution in [2.45, 2.75) is 33.7 Å². The molecule has 2 aromatic carbocycles. The third-order valence-corrected chi connectivity index (χ3v) is 4.04. The van der Waals surface area contributed by atoms with Crippen molar-refractivity contribution in [1.82, 2.24) is 9.78 Å². The molecule has 0 aliphatic carbocycles. The zero-order valence-electron chi connectivity index (χ0n) is 14.0. The number of nitrogens with zero attached hydrogens (tertiary/aromatic N) is 2. The van der Waals surface area contributed by atoms with Crippen LogP contribution in [0.3, 0.4) is 0 Å². The van der Waals surface area contributed by atoms with Gasteiger partial charge < -0.3 is 5.11 Å². The summed E-state index contributed by atoms with van der Waals surface area (Å²) in [5, 5.41) is 15.4. The molecule has 3 nitrogen and oxygen atoms in total. The van der Waals surface area contributed by atoms with Crippen molar-refractivity contribution in [2.75, 3.05) is 0 Å². The van der Waals surface area contributed by atoms with Crippen LogP contribution in [0.2, 0.25) is 0 Å². The summed E-state index contributed by atoms with van der Waals surface area (Å²) in [6.07, 6.45) is 0. The summed E-state index contributed by atoms with van der Waals surface area (Å²) in [5.74, 6) is 0.222. The van der Waals surface area contributed by atoms with Crippen molar-refractivity contribution in [3.63, 3.8) is 0 Å². The molecule has 0 unspecified atom stereocenters. The molecule has 0 bridgehead atoms. The predicted octanol–water partition coefficient (Wildman–Crippen LogP) is 5.12. The minimum absolute atomic E-state index is 0.0957. The van der Waals surface area contributed by atoms with E-state index in [0.29, 0.717) is 0 Å². The highest BCUT2D eigenvalue weighted by atomic mass is 16.3. The summed E-state index contributed by atoms with van der Waals surface area (Å²) >= 11 is 0. The summed E-state index contributed by atoms with van der Waals surface area (Å²) in [5.41, 5.74) is 6.01. The molecule has 1 aromatic heterocycles. The molecule has 0 aliphatic rings. The van der Waals surface area contributed by atoms with Gasteiger partial charge in [-0.05, 0) is 33.3 Å². The molecule has 0 amide bonds. The van der Waals surface area contributed by atoms with Gasteiger partial charge in [-0.2, -0.15) is 5.10 Å². The van der Waals surface area contributed by atoms with Crippen molar-refractivity contribution < 1.29 is 5.11 Å². The van der Waals surface area contributed by atoms with E-state index in [0.717, 1.165) is 22.4 Å². The Morgan fingerprint density at radius 3 is 1.78 bits per heavy atom. The molecule has 1 N–H and O–H groups in total. The number of aryl methyl sites for hydroxylation is 2. The average molecular weight is 306 g/mol. The van der Waals surface area contributed by atoms with E-state index in [9.17, 15) is 5.11 Å². The van der Waals surface area contributed by atoms with Crippen LogP contribution in [-0.4, -0.2) is 14.9 Å². The maximum atomic E-state index is 10.7. The van der Waals surface area contributed by atoms with Crippen molar-refractivity contribution in [1.29, 1.82) is 0 Å². The SMILES string of the molecule is Cc1ccc(-c2nn(C(C)C)c(O)c2-c2ccc(C)cc2)cc1. The Balaban J connectivity index is 2.23. The number of rotatable bonds is 3.